The van der Waals surface area contributed by atoms with Crippen LogP contribution in [-0.4, -0.2) is 19.8 Å². The third-order valence-electron chi connectivity index (χ3n) is 3.56. The van der Waals surface area contributed by atoms with E-state index < -0.39 is 0 Å². The number of ether oxygens (including phenoxy) is 3. The summed E-state index contributed by atoms with van der Waals surface area (Å²) in [4.78, 5) is 0. The van der Waals surface area contributed by atoms with Gasteiger partial charge >= 0.3 is 0 Å². The molecule has 1 aliphatic heterocycles. The van der Waals surface area contributed by atoms with Gasteiger partial charge < -0.3 is 14.2 Å². The van der Waals surface area contributed by atoms with Crippen LogP contribution >= 0.6 is 15.9 Å². The van der Waals surface area contributed by atoms with Crippen LogP contribution in [0.2, 0.25) is 0 Å². The summed E-state index contributed by atoms with van der Waals surface area (Å²) in [6.07, 6.45) is 0.959. The third kappa shape index (κ3) is 3.16. The van der Waals surface area contributed by atoms with Crippen molar-refractivity contribution < 1.29 is 14.2 Å². The number of fused-ring (bicyclic) bond motifs is 1. The molecule has 0 amide bonds. The summed E-state index contributed by atoms with van der Waals surface area (Å²) in [5, 5.41) is 0.748. The summed E-state index contributed by atoms with van der Waals surface area (Å²) < 4.78 is 17.1. The van der Waals surface area contributed by atoms with E-state index in [9.17, 15) is 0 Å². The van der Waals surface area contributed by atoms with E-state index >= 15 is 0 Å². The Labute approximate surface area is 133 Å². The summed E-state index contributed by atoms with van der Waals surface area (Å²) in [7, 11) is 1.66. The molecule has 0 spiro atoms. The van der Waals surface area contributed by atoms with E-state index in [4.69, 9.17) is 14.2 Å². The Balaban J connectivity index is 1.66. The molecule has 0 aromatic heterocycles. The lowest BCUT2D eigenvalue weighted by atomic mass is 10.1. The molecule has 0 fully saturated rings. The molecule has 1 heterocycles. The minimum atomic E-state index is 0.0665. The molecule has 3 rings (SSSR count). The van der Waals surface area contributed by atoms with Crippen molar-refractivity contribution in [1.82, 2.24) is 0 Å². The largest absolute Gasteiger partial charge is 0.497 e. The highest BCUT2D eigenvalue weighted by atomic mass is 79.9. The molecule has 0 bridgehead atoms. The Kier molecular flexibility index (Phi) is 4.34. The predicted octanol–water partition coefficient (Wildman–Crippen LogP) is 3.97. The minimum absolute atomic E-state index is 0.0665. The minimum Gasteiger partial charge on any atom is -0.497 e. The number of alkyl halides is 1. The Hall–Kier alpha value is -1.68. The Morgan fingerprint density at radius 2 is 2.10 bits per heavy atom. The average Bonchev–Trinajstić information content (AvgIpc) is 2.95. The fourth-order valence-electron chi connectivity index (χ4n) is 2.44. The SMILES string of the molecule is COc1ccc(CBr)c(OCC2Cc3ccccc3O2)c1. The fraction of sp³-hybridized carbons (Fsp3) is 0.294. The van der Waals surface area contributed by atoms with Gasteiger partial charge in [0.25, 0.3) is 0 Å². The normalized spacial score (nSPS) is 16.2. The lowest BCUT2D eigenvalue weighted by molar-refractivity contribution is 0.148. The molecule has 3 nitrogen and oxygen atoms in total. The number of rotatable bonds is 5. The van der Waals surface area contributed by atoms with Crippen LogP contribution < -0.4 is 14.2 Å². The van der Waals surface area contributed by atoms with Crippen LogP contribution in [0.4, 0.5) is 0 Å². The van der Waals surface area contributed by atoms with Crippen LogP contribution in [0.15, 0.2) is 42.5 Å². The molecule has 0 aliphatic carbocycles. The van der Waals surface area contributed by atoms with Crippen LogP contribution in [0.5, 0.6) is 17.2 Å². The number of benzene rings is 2. The molecule has 0 saturated heterocycles. The van der Waals surface area contributed by atoms with Gasteiger partial charge in [0.1, 0.15) is 30.0 Å². The monoisotopic (exact) mass is 348 g/mol. The fourth-order valence-corrected chi connectivity index (χ4v) is 2.90. The van der Waals surface area contributed by atoms with Gasteiger partial charge in [-0.3, -0.25) is 0 Å². The van der Waals surface area contributed by atoms with E-state index in [1.165, 1.54) is 5.56 Å². The van der Waals surface area contributed by atoms with E-state index in [2.05, 4.69) is 22.0 Å². The second kappa shape index (κ2) is 6.39. The van der Waals surface area contributed by atoms with Crippen LogP contribution in [-0.2, 0) is 11.8 Å². The molecule has 0 saturated carbocycles. The number of hydrogen-bond acceptors (Lipinski definition) is 3. The summed E-state index contributed by atoms with van der Waals surface area (Å²) in [5.74, 6) is 2.61. The first-order valence-electron chi connectivity index (χ1n) is 6.90. The lowest BCUT2D eigenvalue weighted by Crippen LogP contribution is -2.22. The smallest absolute Gasteiger partial charge is 0.137 e. The highest BCUT2D eigenvalue weighted by Crippen LogP contribution is 2.30. The molecule has 110 valence electrons. The standard InChI is InChI=1S/C17H17BrO3/c1-19-14-7-6-13(10-18)17(9-14)20-11-15-8-12-4-2-3-5-16(12)21-15/h2-7,9,15H,8,10-11H2,1H3. The molecule has 4 heteroatoms. The van der Waals surface area contributed by atoms with Crippen molar-refractivity contribution in [3.63, 3.8) is 0 Å². The molecule has 1 aliphatic rings. The van der Waals surface area contributed by atoms with Gasteiger partial charge in [-0.1, -0.05) is 40.2 Å². The van der Waals surface area contributed by atoms with Crippen LogP contribution in [0.3, 0.4) is 0 Å². The molecule has 2 aromatic rings. The molecular weight excluding hydrogens is 332 g/mol. The molecule has 1 atom stereocenters. The van der Waals surface area contributed by atoms with Crippen molar-refractivity contribution >= 4 is 15.9 Å². The zero-order valence-electron chi connectivity index (χ0n) is 11.8. The molecular formula is C17H17BrO3. The van der Waals surface area contributed by atoms with Gasteiger partial charge in [-0.2, -0.15) is 0 Å². The number of methoxy groups -OCH3 is 1. The van der Waals surface area contributed by atoms with Gasteiger partial charge in [-0.25, -0.2) is 0 Å². The van der Waals surface area contributed by atoms with Gasteiger partial charge in [0.15, 0.2) is 0 Å². The topological polar surface area (TPSA) is 27.7 Å². The summed E-state index contributed by atoms with van der Waals surface area (Å²) >= 11 is 3.48. The zero-order valence-corrected chi connectivity index (χ0v) is 13.4. The number of halogens is 1. The van der Waals surface area contributed by atoms with Crippen molar-refractivity contribution in [3.05, 3.63) is 53.6 Å². The van der Waals surface area contributed by atoms with E-state index in [1.807, 2.05) is 36.4 Å². The molecule has 1 unspecified atom stereocenters. The Morgan fingerprint density at radius 1 is 1.24 bits per heavy atom. The zero-order chi connectivity index (χ0) is 14.7. The van der Waals surface area contributed by atoms with E-state index in [0.29, 0.717) is 6.61 Å². The number of hydrogen-bond donors (Lipinski definition) is 0. The van der Waals surface area contributed by atoms with Crippen molar-refractivity contribution in [2.45, 2.75) is 17.9 Å². The van der Waals surface area contributed by atoms with Crippen LogP contribution in [0.25, 0.3) is 0 Å². The van der Waals surface area contributed by atoms with Crippen molar-refractivity contribution in [1.29, 1.82) is 0 Å². The second-order valence-electron chi connectivity index (χ2n) is 4.97. The first-order valence-corrected chi connectivity index (χ1v) is 8.02. The van der Waals surface area contributed by atoms with Crippen LogP contribution in [0.1, 0.15) is 11.1 Å². The molecule has 2 aromatic carbocycles. The Morgan fingerprint density at radius 3 is 2.86 bits per heavy atom. The highest BCUT2D eigenvalue weighted by Gasteiger charge is 2.23. The van der Waals surface area contributed by atoms with Gasteiger partial charge in [0.2, 0.25) is 0 Å². The quantitative estimate of drug-likeness (QED) is 0.765. The third-order valence-corrected chi connectivity index (χ3v) is 4.16. The Bertz CT molecular complexity index is 602. The predicted molar refractivity (Wildman–Crippen MR) is 85.7 cm³/mol. The maximum atomic E-state index is 5.95. The first kappa shape index (κ1) is 14.3. The van der Waals surface area contributed by atoms with Crippen molar-refractivity contribution in [3.8, 4) is 17.2 Å². The van der Waals surface area contributed by atoms with Crippen molar-refractivity contribution in [2.75, 3.05) is 13.7 Å². The second-order valence-corrected chi connectivity index (χ2v) is 5.53. The van der Waals surface area contributed by atoms with Gasteiger partial charge in [-0.05, 0) is 17.7 Å². The summed E-state index contributed by atoms with van der Waals surface area (Å²) in [6.45, 7) is 0.530. The molecule has 21 heavy (non-hydrogen) atoms. The van der Waals surface area contributed by atoms with Crippen molar-refractivity contribution in [2.24, 2.45) is 0 Å². The first-order chi connectivity index (χ1) is 10.3. The van der Waals surface area contributed by atoms with E-state index in [-0.39, 0.29) is 6.10 Å². The highest BCUT2D eigenvalue weighted by molar-refractivity contribution is 9.08. The van der Waals surface area contributed by atoms with Gasteiger partial charge in [0, 0.05) is 23.4 Å². The van der Waals surface area contributed by atoms with E-state index in [0.717, 1.165) is 34.6 Å². The molecule has 0 radical (unpaired) electrons. The lowest BCUT2D eigenvalue weighted by Gasteiger charge is -2.15. The number of para-hydroxylation sites is 1. The van der Waals surface area contributed by atoms with Crippen LogP contribution in [0, 0.1) is 0 Å². The van der Waals surface area contributed by atoms with Gasteiger partial charge in [-0.15, -0.1) is 0 Å². The maximum absolute atomic E-state index is 5.95. The molecule has 0 N–H and O–H groups in total. The van der Waals surface area contributed by atoms with Gasteiger partial charge in [0.05, 0.1) is 7.11 Å². The summed E-state index contributed by atoms with van der Waals surface area (Å²) in [5.41, 5.74) is 2.35. The average molecular weight is 349 g/mol. The maximum Gasteiger partial charge on any atom is 0.137 e. The van der Waals surface area contributed by atoms with E-state index in [1.54, 1.807) is 7.11 Å². The summed E-state index contributed by atoms with van der Waals surface area (Å²) in [6, 6.07) is 14.0.